The number of nitrogens with one attached hydrogen (secondary N) is 2. The molecule has 1 heterocycles. The Balaban J connectivity index is 1.50. The molecule has 4 rings (SSSR count). The minimum atomic E-state index is -0.403. The molecule has 0 saturated carbocycles. The summed E-state index contributed by atoms with van der Waals surface area (Å²) in [6, 6.07) is 15.4. The van der Waals surface area contributed by atoms with Crippen molar-refractivity contribution in [2.45, 2.75) is 53.9 Å². The van der Waals surface area contributed by atoms with E-state index < -0.39 is 5.91 Å². The first-order valence-electron chi connectivity index (χ1n) is 14.0. The number of benzene rings is 3. The van der Waals surface area contributed by atoms with Crippen LogP contribution in [0, 0.1) is 6.92 Å². The van der Waals surface area contributed by atoms with E-state index in [0.29, 0.717) is 48.1 Å². The van der Waals surface area contributed by atoms with Gasteiger partial charge in [0.1, 0.15) is 11.0 Å². The zero-order chi connectivity index (χ0) is 29.4. The Morgan fingerprint density at radius 2 is 1.49 bits per heavy atom. The highest BCUT2D eigenvalue weighted by Gasteiger charge is 2.19. The Hall–Kier alpha value is -4.18. The van der Waals surface area contributed by atoms with Gasteiger partial charge in [-0.2, -0.15) is 4.80 Å². The average molecular weight is 576 g/mol. The van der Waals surface area contributed by atoms with Crippen molar-refractivity contribution in [1.29, 1.82) is 0 Å². The molecule has 0 atom stereocenters. The van der Waals surface area contributed by atoms with Crippen molar-refractivity contribution in [2.75, 3.05) is 25.1 Å². The molecule has 41 heavy (non-hydrogen) atoms. The first-order chi connectivity index (χ1) is 19.9. The third-order valence-corrected chi connectivity index (χ3v) is 6.56. The zero-order valence-electron chi connectivity index (χ0n) is 24.2. The van der Waals surface area contributed by atoms with Crippen molar-refractivity contribution >= 4 is 40.0 Å². The number of aromatic nitrogens is 3. The van der Waals surface area contributed by atoms with E-state index in [1.54, 1.807) is 16.9 Å². The summed E-state index contributed by atoms with van der Waals surface area (Å²) < 4.78 is 17.2. The third-order valence-electron chi connectivity index (χ3n) is 6.36. The molecule has 2 N–H and O–H groups in total. The Kier molecular flexibility index (Phi) is 10.1. The number of carbonyl (C=O) groups is 1. The number of carbonyl (C=O) groups excluding carboxylic acids is 1. The number of amides is 1. The van der Waals surface area contributed by atoms with Crippen LogP contribution in [0.2, 0.25) is 0 Å². The first kappa shape index (κ1) is 29.8. The van der Waals surface area contributed by atoms with Gasteiger partial charge in [-0.3, -0.25) is 10.1 Å². The van der Waals surface area contributed by atoms with E-state index >= 15 is 0 Å². The number of anilines is 1. The van der Waals surface area contributed by atoms with Crippen LogP contribution in [0.5, 0.6) is 17.2 Å². The van der Waals surface area contributed by atoms with E-state index in [1.807, 2.05) is 52.0 Å². The van der Waals surface area contributed by atoms with Gasteiger partial charge in [0.15, 0.2) is 16.6 Å². The zero-order valence-corrected chi connectivity index (χ0v) is 25.1. The van der Waals surface area contributed by atoms with Crippen LogP contribution in [0.15, 0.2) is 48.5 Å². The molecule has 4 aromatic rings. The molecular weight excluding hydrogens is 538 g/mol. The predicted molar refractivity (Wildman–Crippen MR) is 166 cm³/mol. The summed E-state index contributed by atoms with van der Waals surface area (Å²) in [6.45, 7) is 11.0. The fourth-order valence-electron chi connectivity index (χ4n) is 4.34. The second kappa shape index (κ2) is 13.9. The van der Waals surface area contributed by atoms with E-state index in [9.17, 15) is 4.79 Å². The summed E-state index contributed by atoms with van der Waals surface area (Å²) in [5, 5.41) is 15.3. The molecular formula is C31H37N5O4S. The lowest BCUT2D eigenvalue weighted by Gasteiger charge is -2.17. The highest BCUT2D eigenvalue weighted by Crippen LogP contribution is 2.39. The van der Waals surface area contributed by atoms with Crippen LogP contribution in [-0.2, 0) is 6.42 Å². The summed E-state index contributed by atoms with van der Waals surface area (Å²) >= 11 is 5.48. The number of rotatable bonds is 12. The summed E-state index contributed by atoms with van der Waals surface area (Å²) in [5.41, 5.74) is 5.63. The molecule has 0 aliphatic heterocycles. The average Bonchev–Trinajstić information content (AvgIpc) is 3.36. The number of ether oxygens (including phenoxy) is 3. The molecule has 0 unspecified atom stereocenters. The van der Waals surface area contributed by atoms with Crippen molar-refractivity contribution in [2.24, 2.45) is 0 Å². The first-order valence-corrected chi connectivity index (χ1v) is 14.4. The SMILES string of the molecule is CCCCc1ccc(-n2nc3cc(C)c(NC(=S)NC(=O)c4cc(OCC)c(OCC)c(OCC)c4)cc3n2)cc1. The topological polar surface area (TPSA) is 99.5 Å². The second-order valence-electron chi connectivity index (χ2n) is 9.42. The lowest BCUT2D eigenvalue weighted by atomic mass is 10.1. The quantitative estimate of drug-likeness (QED) is 0.187. The van der Waals surface area contributed by atoms with Crippen molar-refractivity contribution in [3.05, 3.63) is 65.2 Å². The summed E-state index contributed by atoms with van der Waals surface area (Å²) in [4.78, 5) is 14.8. The van der Waals surface area contributed by atoms with Gasteiger partial charge in [0.05, 0.1) is 25.5 Å². The number of nitrogens with zero attached hydrogens (tertiary/aromatic N) is 3. The minimum Gasteiger partial charge on any atom is -0.490 e. The van der Waals surface area contributed by atoms with Crippen LogP contribution in [0.3, 0.4) is 0 Å². The van der Waals surface area contributed by atoms with Gasteiger partial charge in [-0.15, -0.1) is 10.2 Å². The van der Waals surface area contributed by atoms with Gasteiger partial charge in [-0.1, -0.05) is 25.5 Å². The number of aryl methyl sites for hydroxylation is 2. The van der Waals surface area contributed by atoms with Crippen LogP contribution in [0.4, 0.5) is 5.69 Å². The fourth-order valence-corrected chi connectivity index (χ4v) is 4.55. The molecule has 1 aromatic heterocycles. The number of hydrogen-bond donors (Lipinski definition) is 2. The van der Waals surface area contributed by atoms with E-state index in [4.69, 9.17) is 26.4 Å². The van der Waals surface area contributed by atoms with E-state index in [2.05, 4.69) is 39.9 Å². The third kappa shape index (κ3) is 7.32. The Labute approximate surface area is 246 Å². The van der Waals surface area contributed by atoms with Crippen LogP contribution in [-0.4, -0.2) is 45.8 Å². The molecule has 1 amide bonds. The lowest BCUT2D eigenvalue weighted by Crippen LogP contribution is -2.34. The molecule has 10 heteroatoms. The molecule has 0 radical (unpaired) electrons. The maximum absolute atomic E-state index is 13.2. The van der Waals surface area contributed by atoms with Crippen LogP contribution < -0.4 is 24.8 Å². The standard InChI is InChI=1S/C31H37N5O4S/c1-6-10-11-21-12-14-23(15-13-21)36-34-25-16-20(5)24(19-26(25)35-36)32-31(41)33-30(37)22-17-27(38-7-2)29(40-9-4)28(18-22)39-8-3/h12-19H,6-11H2,1-5H3,(H2,32,33,37,41). The van der Waals surface area contributed by atoms with Gasteiger partial charge >= 0.3 is 0 Å². The monoisotopic (exact) mass is 575 g/mol. The van der Waals surface area contributed by atoms with Gasteiger partial charge < -0.3 is 19.5 Å². The lowest BCUT2D eigenvalue weighted by molar-refractivity contribution is 0.0976. The summed E-state index contributed by atoms with van der Waals surface area (Å²) in [7, 11) is 0. The molecule has 0 aliphatic rings. The predicted octanol–water partition coefficient (Wildman–Crippen LogP) is 6.39. The van der Waals surface area contributed by atoms with Gasteiger partial charge in [-0.05, 0) is 100 Å². The molecule has 216 valence electrons. The molecule has 0 saturated heterocycles. The molecule has 0 spiro atoms. The largest absolute Gasteiger partial charge is 0.490 e. The van der Waals surface area contributed by atoms with Gasteiger partial charge in [-0.25, -0.2) is 0 Å². The highest BCUT2D eigenvalue weighted by atomic mass is 32.1. The summed E-state index contributed by atoms with van der Waals surface area (Å²) in [5.74, 6) is 0.936. The maximum Gasteiger partial charge on any atom is 0.257 e. The van der Waals surface area contributed by atoms with Crippen LogP contribution >= 0.6 is 12.2 Å². The molecule has 9 nitrogen and oxygen atoms in total. The smallest absolute Gasteiger partial charge is 0.257 e. The number of thiocarbonyl (C=S) groups is 1. The molecule has 0 bridgehead atoms. The second-order valence-corrected chi connectivity index (χ2v) is 9.83. The highest BCUT2D eigenvalue weighted by molar-refractivity contribution is 7.80. The number of unbranched alkanes of at least 4 members (excludes halogenated alkanes) is 1. The Morgan fingerprint density at radius 1 is 0.878 bits per heavy atom. The minimum absolute atomic E-state index is 0.150. The van der Waals surface area contributed by atoms with Gasteiger partial charge in [0.25, 0.3) is 5.91 Å². The van der Waals surface area contributed by atoms with E-state index in [1.165, 1.54) is 18.4 Å². The van der Waals surface area contributed by atoms with Crippen molar-refractivity contribution in [3.63, 3.8) is 0 Å². The molecule has 0 fully saturated rings. The van der Waals surface area contributed by atoms with Gasteiger partial charge in [0, 0.05) is 11.3 Å². The van der Waals surface area contributed by atoms with Crippen molar-refractivity contribution in [3.8, 4) is 22.9 Å². The normalized spacial score (nSPS) is 10.9. The van der Waals surface area contributed by atoms with Crippen molar-refractivity contribution < 1.29 is 19.0 Å². The Morgan fingerprint density at radius 3 is 2.07 bits per heavy atom. The number of hydrogen-bond acceptors (Lipinski definition) is 7. The van der Waals surface area contributed by atoms with E-state index in [0.717, 1.165) is 28.9 Å². The maximum atomic E-state index is 13.2. The molecule has 0 aliphatic carbocycles. The molecule has 3 aromatic carbocycles. The van der Waals surface area contributed by atoms with Crippen molar-refractivity contribution in [1.82, 2.24) is 20.3 Å². The van der Waals surface area contributed by atoms with Crippen LogP contribution in [0.25, 0.3) is 16.7 Å². The van der Waals surface area contributed by atoms with Gasteiger partial charge in [0.2, 0.25) is 5.75 Å². The Bertz CT molecular complexity index is 1490. The van der Waals surface area contributed by atoms with Crippen LogP contribution in [0.1, 0.15) is 62.0 Å². The number of fused-ring (bicyclic) bond motifs is 1. The summed E-state index contributed by atoms with van der Waals surface area (Å²) in [6.07, 6.45) is 3.40. The fraction of sp³-hybridized carbons (Fsp3) is 0.355. The van der Waals surface area contributed by atoms with E-state index in [-0.39, 0.29) is 5.11 Å².